The second-order valence-corrected chi connectivity index (χ2v) is 6.53. The van der Waals surface area contributed by atoms with Crippen molar-refractivity contribution in [3.8, 4) is 11.1 Å². The van der Waals surface area contributed by atoms with E-state index in [-0.39, 0.29) is 6.04 Å². The van der Waals surface area contributed by atoms with Gasteiger partial charge in [0.05, 0.1) is 23.5 Å². The largest absolute Gasteiger partial charge is 0.416 e. The third kappa shape index (κ3) is 3.48. The van der Waals surface area contributed by atoms with Crippen LogP contribution in [0, 0.1) is 0 Å². The predicted octanol–water partition coefficient (Wildman–Crippen LogP) is 4.66. The maximum atomic E-state index is 12.8. The van der Waals surface area contributed by atoms with Gasteiger partial charge in [-0.3, -0.25) is 0 Å². The third-order valence-corrected chi connectivity index (χ3v) is 4.63. The SMILES string of the molecule is NC(Cc1ccccc1)c1ccnc2c(-c3ccc(C(F)(F)F)cc3)cnn12. The number of hydrogen-bond donors (Lipinski definition) is 1. The van der Waals surface area contributed by atoms with Gasteiger partial charge in [0.1, 0.15) is 0 Å². The molecular weight excluding hydrogens is 365 g/mol. The highest BCUT2D eigenvalue weighted by Gasteiger charge is 2.30. The van der Waals surface area contributed by atoms with Crippen LogP contribution in [0.25, 0.3) is 16.8 Å². The molecule has 4 nitrogen and oxygen atoms in total. The first-order valence-corrected chi connectivity index (χ1v) is 8.73. The van der Waals surface area contributed by atoms with Crippen LogP contribution >= 0.6 is 0 Å². The fourth-order valence-corrected chi connectivity index (χ4v) is 3.21. The number of alkyl halides is 3. The Kier molecular flexibility index (Phi) is 4.60. The summed E-state index contributed by atoms with van der Waals surface area (Å²) in [7, 11) is 0. The molecule has 0 fully saturated rings. The first-order valence-electron chi connectivity index (χ1n) is 8.73. The minimum Gasteiger partial charge on any atom is -0.322 e. The highest BCUT2D eigenvalue weighted by molar-refractivity contribution is 5.77. The number of aromatic nitrogens is 3. The van der Waals surface area contributed by atoms with Gasteiger partial charge in [-0.15, -0.1) is 0 Å². The van der Waals surface area contributed by atoms with Crippen molar-refractivity contribution in [3.63, 3.8) is 0 Å². The Morgan fingerprint density at radius 1 is 0.964 bits per heavy atom. The fourth-order valence-electron chi connectivity index (χ4n) is 3.21. The van der Waals surface area contributed by atoms with E-state index in [2.05, 4.69) is 10.1 Å². The number of benzene rings is 2. The van der Waals surface area contributed by atoms with Crippen LogP contribution in [0.2, 0.25) is 0 Å². The normalized spacial score (nSPS) is 13.0. The number of nitrogens with zero attached hydrogens (tertiary/aromatic N) is 3. The molecule has 0 amide bonds. The summed E-state index contributed by atoms with van der Waals surface area (Å²) in [6.45, 7) is 0. The summed E-state index contributed by atoms with van der Waals surface area (Å²) in [5, 5.41) is 4.38. The van der Waals surface area contributed by atoms with Gasteiger partial charge < -0.3 is 5.73 Å². The molecule has 0 saturated carbocycles. The average molecular weight is 382 g/mol. The molecule has 2 N–H and O–H groups in total. The number of halogens is 3. The van der Waals surface area contributed by atoms with Gasteiger partial charge in [0.25, 0.3) is 0 Å². The lowest BCUT2D eigenvalue weighted by molar-refractivity contribution is -0.137. The van der Waals surface area contributed by atoms with E-state index in [0.29, 0.717) is 23.2 Å². The molecular formula is C21H17F3N4. The van der Waals surface area contributed by atoms with Crippen LogP contribution in [0.5, 0.6) is 0 Å². The standard InChI is InChI=1S/C21H17F3N4/c22-21(23,24)16-8-6-15(7-9-16)17-13-27-28-19(10-11-26-20(17)28)18(25)12-14-4-2-1-3-5-14/h1-11,13,18H,12,25H2. The van der Waals surface area contributed by atoms with E-state index in [4.69, 9.17) is 5.73 Å². The van der Waals surface area contributed by atoms with Gasteiger partial charge in [0.2, 0.25) is 0 Å². The summed E-state index contributed by atoms with van der Waals surface area (Å²) in [6.07, 6.45) is -0.487. The van der Waals surface area contributed by atoms with Crippen molar-refractivity contribution in [2.75, 3.05) is 0 Å². The van der Waals surface area contributed by atoms with Crippen LogP contribution in [-0.4, -0.2) is 14.6 Å². The number of rotatable bonds is 4. The second kappa shape index (κ2) is 7.09. The molecule has 1 unspecified atom stereocenters. The Labute approximate surface area is 159 Å². The van der Waals surface area contributed by atoms with Crippen molar-refractivity contribution in [3.05, 3.63) is 89.9 Å². The number of nitrogens with two attached hydrogens (primary N) is 1. The zero-order valence-electron chi connectivity index (χ0n) is 14.8. The summed E-state index contributed by atoms with van der Waals surface area (Å²) in [4.78, 5) is 4.36. The van der Waals surface area contributed by atoms with Crippen molar-refractivity contribution in [1.82, 2.24) is 14.6 Å². The zero-order chi connectivity index (χ0) is 19.7. The van der Waals surface area contributed by atoms with Gasteiger partial charge in [0, 0.05) is 11.8 Å². The number of hydrogen-bond acceptors (Lipinski definition) is 3. The van der Waals surface area contributed by atoms with E-state index < -0.39 is 11.7 Å². The van der Waals surface area contributed by atoms with Crippen molar-refractivity contribution >= 4 is 5.65 Å². The van der Waals surface area contributed by atoms with Crippen LogP contribution in [0.3, 0.4) is 0 Å². The van der Waals surface area contributed by atoms with Crippen LogP contribution in [-0.2, 0) is 12.6 Å². The monoisotopic (exact) mass is 382 g/mol. The molecule has 0 saturated heterocycles. The summed E-state index contributed by atoms with van der Waals surface area (Å²) in [5.41, 5.74) is 9.42. The Morgan fingerprint density at radius 2 is 1.68 bits per heavy atom. The van der Waals surface area contributed by atoms with E-state index in [1.807, 2.05) is 36.4 Å². The molecule has 2 aromatic heterocycles. The molecule has 4 rings (SSSR count). The summed E-state index contributed by atoms with van der Waals surface area (Å²) in [6, 6.07) is 16.4. The van der Waals surface area contributed by atoms with Crippen molar-refractivity contribution in [1.29, 1.82) is 0 Å². The maximum absolute atomic E-state index is 12.8. The molecule has 0 spiro atoms. The van der Waals surface area contributed by atoms with Gasteiger partial charge >= 0.3 is 6.18 Å². The average Bonchev–Trinajstić information content (AvgIpc) is 3.12. The van der Waals surface area contributed by atoms with Gasteiger partial charge in [-0.1, -0.05) is 42.5 Å². The minimum absolute atomic E-state index is 0.298. The Balaban J connectivity index is 1.69. The lowest BCUT2D eigenvalue weighted by Gasteiger charge is -2.13. The first-order chi connectivity index (χ1) is 13.4. The van der Waals surface area contributed by atoms with Crippen LogP contribution < -0.4 is 5.73 Å². The molecule has 1 atom stereocenters. The van der Waals surface area contributed by atoms with Crippen molar-refractivity contribution in [2.45, 2.75) is 18.6 Å². The summed E-state index contributed by atoms with van der Waals surface area (Å²) in [5.74, 6) is 0. The predicted molar refractivity (Wildman–Crippen MR) is 100 cm³/mol. The lowest BCUT2D eigenvalue weighted by Crippen LogP contribution is -2.17. The molecule has 0 bridgehead atoms. The highest BCUT2D eigenvalue weighted by Crippen LogP contribution is 2.32. The Bertz CT molecular complexity index is 1090. The topological polar surface area (TPSA) is 56.2 Å². The van der Waals surface area contributed by atoms with Gasteiger partial charge in [-0.2, -0.15) is 18.3 Å². The van der Waals surface area contributed by atoms with Crippen LogP contribution in [0.1, 0.15) is 22.9 Å². The maximum Gasteiger partial charge on any atom is 0.416 e. The van der Waals surface area contributed by atoms with E-state index in [9.17, 15) is 13.2 Å². The molecule has 0 aliphatic heterocycles. The zero-order valence-corrected chi connectivity index (χ0v) is 14.8. The van der Waals surface area contributed by atoms with E-state index in [0.717, 1.165) is 23.4 Å². The second-order valence-electron chi connectivity index (χ2n) is 6.53. The molecule has 28 heavy (non-hydrogen) atoms. The van der Waals surface area contributed by atoms with Gasteiger partial charge in [-0.25, -0.2) is 9.50 Å². The molecule has 2 heterocycles. The molecule has 4 aromatic rings. The smallest absolute Gasteiger partial charge is 0.322 e. The molecule has 0 aliphatic rings. The molecule has 142 valence electrons. The van der Waals surface area contributed by atoms with E-state index in [1.165, 1.54) is 12.1 Å². The molecule has 7 heteroatoms. The Morgan fingerprint density at radius 3 is 2.36 bits per heavy atom. The summed E-state index contributed by atoms with van der Waals surface area (Å²) >= 11 is 0. The molecule has 0 aliphatic carbocycles. The van der Waals surface area contributed by atoms with Crippen LogP contribution in [0.4, 0.5) is 13.2 Å². The first kappa shape index (κ1) is 18.2. The number of fused-ring (bicyclic) bond motifs is 1. The minimum atomic E-state index is -4.37. The third-order valence-electron chi connectivity index (χ3n) is 4.63. The van der Waals surface area contributed by atoms with Gasteiger partial charge in [-0.05, 0) is 35.7 Å². The van der Waals surface area contributed by atoms with Gasteiger partial charge in [0.15, 0.2) is 5.65 Å². The van der Waals surface area contributed by atoms with Crippen molar-refractivity contribution < 1.29 is 13.2 Å². The molecule has 0 radical (unpaired) electrons. The Hall–Kier alpha value is -3.19. The highest BCUT2D eigenvalue weighted by atomic mass is 19.4. The quantitative estimate of drug-likeness (QED) is 0.559. The van der Waals surface area contributed by atoms with E-state index in [1.54, 1.807) is 16.9 Å². The lowest BCUT2D eigenvalue weighted by atomic mass is 10.0. The molecule has 2 aromatic carbocycles. The van der Waals surface area contributed by atoms with Crippen LogP contribution in [0.15, 0.2) is 73.1 Å². The van der Waals surface area contributed by atoms with Crippen molar-refractivity contribution in [2.24, 2.45) is 5.73 Å². The fraction of sp³-hybridized carbons (Fsp3) is 0.143. The van der Waals surface area contributed by atoms with E-state index >= 15 is 0 Å². The summed E-state index contributed by atoms with van der Waals surface area (Å²) < 4.78 is 40.0.